The maximum Gasteiger partial charge on any atom is 0.216 e. The second kappa shape index (κ2) is 9.61. The Labute approximate surface area is 84.4 Å². The average Bonchev–Trinajstić information content (AvgIpc) is 2.09. The summed E-state index contributed by atoms with van der Waals surface area (Å²) in [6.45, 7) is 7.70. The van der Waals surface area contributed by atoms with Crippen LogP contribution in [0.4, 0.5) is 0 Å². The Balaban J connectivity index is 2.91. The zero-order valence-electron chi connectivity index (χ0n) is 8.14. The summed E-state index contributed by atoms with van der Waals surface area (Å²) < 4.78 is 0. The van der Waals surface area contributed by atoms with Gasteiger partial charge in [-0.15, -0.1) is 6.58 Å². The largest absolute Gasteiger partial charge is 0.355 e. The van der Waals surface area contributed by atoms with Gasteiger partial charge in [0, 0.05) is 38.1 Å². The highest BCUT2D eigenvalue weighted by Crippen LogP contribution is 1.96. The number of hydrogen-bond donors (Lipinski definition) is 2. The van der Waals surface area contributed by atoms with E-state index in [2.05, 4.69) is 17.2 Å². The highest BCUT2D eigenvalue weighted by atomic mass is 32.2. The fourth-order valence-electron chi connectivity index (χ4n) is 0.763. The van der Waals surface area contributed by atoms with Gasteiger partial charge in [-0.1, -0.05) is 6.08 Å². The molecule has 3 nitrogen and oxygen atoms in total. The van der Waals surface area contributed by atoms with Gasteiger partial charge in [-0.05, 0) is 0 Å². The van der Waals surface area contributed by atoms with E-state index >= 15 is 0 Å². The van der Waals surface area contributed by atoms with Crippen molar-refractivity contribution in [2.75, 3.05) is 31.1 Å². The topological polar surface area (TPSA) is 41.1 Å². The average molecular weight is 202 g/mol. The van der Waals surface area contributed by atoms with Crippen LogP contribution in [0, 0.1) is 0 Å². The molecule has 0 aromatic heterocycles. The molecule has 76 valence electrons. The summed E-state index contributed by atoms with van der Waals surface area (Å²) in [4.78, 5) is 10.5. The first-order chi connectivity index (χ1) is 6.27. The smallest absolute Gasteiger partial charge is 0.216 e. The monoisotopic (exact) mass is 202 g/mol. The molecule has 0 fully saturated rings. The molecule has 0 spiro atoms. The van der Waals surface area contributed by atoms with E-state index in [1.165, 1.54) is 6.92 Å². The normalized spacial score (nSPS) is 9.62. The van der Waals surface area contributed by atoms with Gasteiger partial charge >= 0.3 is 0 Å². The molecule has 0 aromatic carbocycles. The van der Waals surface area contributed by atoms with Gasteiger partial charge < -0.3 is 10.6 Å². The van der Waals surface area contributed by atoms with Crippen LogP contribution in [0.2, 0.25) is 0 Å². The summed E-state index contributed by atoms with van der Waals surface area (Å²) in [6, 6.07) is 0. The Hall–Kier alpha value is -0.480. The molecule has 0 saturated carbocycles. The number of hydrogen-bond acceptors (Lipinski definition) is 3. The van der Waals surface area contributed by atoms with E-state index in [1.807, 2.05) is 17.8 Å². The number of carbonyl (C=O) groups is 1. The molecular weight excluding hydrogens is 184 g/mol. The fraction of sp³-hybridized carbons (Fsp3) is 0.667. The first-order valence-corrected chi connectivity index (χ1v) is 5.56. The molecule has 0 aliphatic rings. The molecule has 0 unspecified atom stereocenters. The molecule has 0 atom stereocenters. The van der Waals surface area contributed by atoms with Gasteiger partial charge in [0.15, 0.2) is 0 Å². The van der Waals surface area contributed by atoms with Crippen molar-refractivity contribution < 1.29 is 4.79 Å². The zero-order chi connectivity index (χ0) is 9.94. The summed E-state index contributed by atoms with van der Waals surface area (Å²) in [5, 5.41) is 5.95. The van der Waals surface area contributed by atoms with Crippen LogP contribution in [-0.4, -0.2) is 37.0 Å². The lowest BCUT2D eigenvalue weighted by atomic mass is 10.5. The van der Waals surface area contributed by atoms with E-state index in [1.54, 1.807) is 0 Å². The van der Waals surface area contributed by atoms with Gasteiger partial charge in [-0.3, -0.25) is 4.79 Å². The molecule has 13 heavy (non-hydrogen) atoms. The minimum atomic E-state index is 0.0304. The predicted molar refractivity (Wildman–Crippen MR) is 59.1 cm³/mol. The summed E-state index contributed by atoms with van der Waals surface area (Å²) in [7, 11) is 0. The highest BCUT2D eigenvalue weighted by Gasteiger charge is 1.90. The standard InChI is InChI=1S/C9H18N2OS/c1-3-7-13-8-6-10-4-5-11-9(2)12/h3,10H,1,4-8H2,2H3,(H,11,12). The molecule has 0 aliphatic carbocycles. The van der Waals surface area contributed by atoms with E-state index in [0.717, 1.165) is 24.6 Å². The zero-order valence-corrected chi connectivity index (χ0v) is 8.95. The van der Waals surface area contributed by atoms with Gasteiger partial charge in [0.1, 0.15) is 0 Å². The van der Waals surface area contributed by atoms with Crippen molar-refractivity contribution in [2.45, 2.75) is 6.92 Å². The molecule has 0 radical (unpaired) electrons. The van der Waals surface area contributed by atoms with Gasteiger partial charge in [0.25, 0.3) is 0 Å². The second-order valence-corrected chi connectivity index (χ2v) is 3.75. The first kappa shape index (κ1) is 12.5. The number of thioether (sulfide) groups is 1. The molecule has 0 heterocycles. The summed E-state index contributed by atoms with van der Waals surface area (Å²) in [5.74, 6) is 2.13. The van der Waals surface area contributed by atoms with Crippen LogP contribution in [0.3, 0.4) is 0 Å². The van der Waals surface area contributed by atoms with Crippen LogP contribution in [0.15, 0.2) is 12.7 Å². The van der Waals surface area contributed by atoms with Crippen molar-refractivity contribution in [1.29, 1.82) is 0 Å². The van der Waals surface area contributed by atoms with E-state index in [0.29, 0.717) is 6.54 Å². The third-order valence-corrected chi connectivity index (χ3v) is 2.30. The highest BCUT2D eigenvalue weighted by molar-refractivity contribution is 7.99. The number of carbonyl (C=O) groups excluding carboxylic acids is 1. The molecule has 2 N–H and O–H groups in total. The number of amides is 1. The van der Waals surface area contributed by atoms with E-state index in [4.69, 9.17) is 0 Å². The Kier molecular flexibility index (Phi) is 9.25. The van der Waals surface area contributed by atoms with Gasteiger partial charge in [0.2, 0.25) is 5.91 Å². The van der Waals surface area contributed by atoms with Gasteiger partial charge in [-0.25, -0.2) is 0 Å². The van der Waals surface area contributed by atoms with Gasteiger partial charge in [0.05, 0.1) is 0 Å². The van der Waals surface area contributed by atoms with E-state index in [-0.39, 0.29) is 5.91 Å². The molecular formula is C9H18N2OS. The molecule has 1 amide bonds. The molecule has 0 bridgehead atoms. The predicted octanol–water partition coefficient (Wildman–Crippen LogP) is 0.631. The minimum absolute atomic E-state index is 0.0304. The SMILES string of the molecule is C=CCSCCNCCNC(C)=O. The summed E-state index contributed by atoms with van der Waals surface area (Å²) in [5.41, 5.74) is 0. The molecule has 0 aromatic rings. The third-order valence-electron chi connectivity index (χ3n) is 1.33. The van der Waals surface area contributed by atoms with Crippen LogP contribution >= 0.6 is 11.8 Å². The molecule has 0 rings (SSSR count). The maximum absolute atomic E-state index is 10.5. The second-order valence-electron chi connectivity index (χ2n) is 2.60. The maximum atomic E-state index is 10.5. The van der Waals surface area contributed by atoms with Crippen LogP contribution in [-0.2, 0) is 4.79 Å². The Morgan fingerprint density at radius 3 is 2.85 bits per heavy atom. The van der Waals surface area contributed by atoms with Crippen molar-refractivity contribution in [2.24, 2.45) is 0 Å². The van der Waals surface area contributed by atoms with Crippen molar-refractivity contribution in [3.63, 3.8) is 0 Å². The Morgan fingerprint density at radius 2 is 2.23 bits per heavy atom. The lowest BCUT2D eigenvalue weighted by molar-refractivity contribution is -0.118. The van der Waals surface area contributed by atoms with Crippen molar-refractivity contribution >= 4 is 17.7 Å². The Bertz CT molecular complexity index is 151. The van der Waals surface area contributed by atoms with Crippen LogP contribution in [0.5, 0.6) is 0 Å². The van der Waals surface area contributed by atoms with Crippen LogP contribution in [0.25, 0.3) is 0 Å². The minimum Gasteiger partial charge on any atom is -0.355 e. The van der Waals surface area contributed by atoms with Crippen LogP contribution < -0.4 is 10.6 Å². The number of rotatable bonds is 8. The van der Waals surface area contributed by atoms with E-state index in [9.17, 15) is 4.79 Å². The summed E-state index contributed by atoms with van der Waals surface area (Å²) in [6.07, 6.45) is 1.90. The van der Waals surface area contributed by atoms with Crippen molar-refractivity contribution in [1.82, 2.24) is 10.6 Å². The van der Waals surface area contributed by atoms with Crippen LogP contribution in [0.1, 0.15) is 6.92 Å². The first-order valence-electron chi connectivity index (χ1n) is 4.41. The van der Waals surface area contributed by atoms with E-state index < -0.39 is 0 Å². The Morgan fingerprint density at radius 1 is 1.46 bits per heavy atom. The quantitative estimate of drug-likeness (QED) is 0.448. The molecule has 4 heteroatoms. The van der Waals surface area contributed by atoms with Crippen molar-refractivity contribution in [3.8, 4) is 0 Å². The third kappa shape index (κ3) is 11.5. The fourth-order valence-corrected chi connectivity index (χ4v) is 1.38. The van der Waals surface area contributed by atoms with Gasteiger partial charge in [-0.2, -0.15) is 11.8 Å². The molecule has 0 saturated heterocycles. The number of nitrogens with one attached hydrogen (secondary N) is 2. The lowest BCUT2D eigenvalue weighted by Gasteiger charge is -2.04. The van der Waals surface area contributed by atoms with Crippen molar-refractivity contribution in [3.05, 3.63) is 12.7 Å². The summed E-state index contributed by atoms with van der Waals surface area (Å²) >= 11 is 1.85. The lowest BCUT2D eigenvalue weighted by Crippen LogP contribution is -2.31. The molecule has 0 aliphatic heterocycles.